The molecule has 3 nitrogen and oxygen atoms in total. The standard InChI is InChI=1S/C15H17BrF2N2O/c1-3-11-14(16)12(20(4-2)19-11)8-13(21)9-6-5-7-10(17)15(9)18/h5-7,13,21H,3-4,8H2,1-2H3. The van der Waals surface area contributed by atoms with E-state index in [4.69, 9.17) is 0 Å². The molecule has 0 radical (unpaired) electrons. The SMILES string of the molecule is CCc1nn(CC)c(CC(O)c2cccc(F)c2F)c1Br. The molecule has 2 aromatic rings. The van der Waals surface area contributed by atoms with Gasteiger partial charge in [0.15, 0.2) is 11.6 Å². The van der Waals surface area contributed by atoms with E-state index in [1.54, 1.807) is 4.68 Å². The maximum atomic E-state index is 13.7. The predicted octanol–water partition coefficient (Wildman–Crippen LogP) is 3.78. The Bertz CT molecular complexity index is 643. The number of rotatable bonds is 5. The summed E-state index contributed by atoms with van der Waals surface area (Å²) in [5.74, 6) is -1.96. The lowest BCUT2D eigenvalue weighted by molar-refractivity contribution is 0.169. The molecule has 1 atom stereocenters. The molecule has 0 saturated carbocycles. The van der Waals surface area contributed by atoms with Crippen LogP contribution in [0.25, 0.3) is 0 Å². The van der Waals surface area contributed by atoms with Gasteiger partial charge in [0.1, 0.15) is 0 Å². The number of aromatic nitrogens is 2. The van der Waals surface area contributed by atoms with Crippen LogP contribution >= 0.6 is 15.9 Å². The van der Waals surface area contributed by atoms with Gasteiger partial charge in [0.2, 0.25) is 0 Å². The topological polar surface area (TPSA) is 38.0 Å². The van der Waals surface area contributed by atoms with Crippen molar-refractivity contribution in [2.24, 2.45) is 0 Å². The van der Waals surface area contributed by atoms with Crippen molar-refractivity contribution in [1.29, 1.82) is 0 Å². The monoisotopic (exact) mass is 358 g/mol. The second-order valence-electron chi connectivity index (χ2n) is 4.74. The number of hydrogen-bond donors (Lipinski definition) is 1. The number of aliphatic hydroxyl groups excluding tert-OH is 1. The summed E-state index contributed by atoms with van der Waals surface area (Å²) in [6, 6.07) is 3.82. The third-order valence-electron chi connectivity index (χ3n) is 3.42. The molecular weight excluding hydrogens is 342 g/mol. The first-order valence-electron chi connectivity index (χ1n) is 6.85. The lowest BCUT2D eigenvalue weighted by Crippen LogP contribution is -2.10. The molecule has 1 heterocycles. The summed E-state index contributed by atoms with van der Waals surface area (Å²) in [4.78, 5) is 0. The van der Waals surface area contributed by atoms with Crippen LogP contribution in [0.4, 0.5) is 8.78 Å². The third-order valence-corrected chi connectivity index (χ3v) is 4.34. The number of hydrogen-bond acceptors (Lipinski definition) is 2. The highest BCUT2D eigenvalue weighted by Crippen LogP contribution is 2.28. The minimum absolute atomic E-state index is 0.0381. The summed E-state index contributed by atoms with van der Waals surface area (Å²) in [6.45, 7) is 4.57. The van der Waals surface area contributed by atoms with Gasteiger partial charge in [0, 0.05) is 18.5 Å². The maximum Gasteiger partial charge on any atom is 0.164 e. The van der Waals surface area contributed by atoms with Crippen molar-refractivity contribution in [2.45, 2.75) is 39.3 Å². The van der Waals surface area contributed by atoms with E-state index in [0.29, 0.717) is 6.54 Å². The summed E-state index contributed by atoms with van der Waals surface area (Å²) in [6.07, 6.45) is -0.198. The normalized spacial score (nSPS) is 12.7. The second-order valence-corrected chi connectivity index (χ2v) is 5.53. The van der Waals surface area contributed by atoms with E-state index < -0.39 is 17.7 Å². The van der Waals surface area contributed by atoms with Gasteiger partial charge in [-0.15, -0.1) is 0 Å². The van der Waals surface area contributed by atoms with Crippen LogP contribution < -0.4 is 0 Å². The van der Waals surface area contributed by atoms with E-state index in [9.17, 15) is 13.9 Å². The highest BCUT2D eigenvalue weighted by atomic mass is 79.9. The summed E-state index contributed by atoms with van der Waals surface area (Å²) in [5.41, 5.74) is 1.63. The molecule has 1 unspecified atom stereocenters. The van der Waals surface area contributed by atoms with E-state index >= 15 is 0 Å². The zero-order valence-electron chi connectivity index (χ0n) is 11.9. The Morgan fingerprint density at radius 1 is 1.33 bits per heavy atom. The van der Waals surface area contributed by atoms with Gasteiger partial charge in [0.05, 0.1) is 22.0 Å². The minimum Gasteiger partial charge on any atom is -0.388 e. The van der Waals surface area contributed by atoms with Crippen LogP contribution in [0.15, 0.2) is 22.7 Å². The van der Waals surface area contributed by atoms with E-state index in [0.717, 1.165) is 28.3 Å². The Balaban J connectivity index is 2.33. The van der Waals surface area contributed by atoms with Gasteiger partial charge < -0.3 is 5.11 Å². The van der Waals surface area contributed by atoms with Crippen molar-refractivity contribution in [1.82, 2.24) is 9.78 Å². The van der Waals surface area contributed by atoms with Crippen molar-refractivity contribution < 1.29 is 13.9 Å². The number of benzene rings is 1. The maximum absolute atomic E-state index is 13.7. The molecule has 0 bridgehead atoms. The Kier molecular flexibility index (Phi) is 5.11. The number of halogens is 3. The summed E-state index contributed by atoms with van der Waals surface area (Å²) < 4.78 is 29.6. The summed E-state index contributed by atoms with van der Waals surface area (Å²) in [7, 11) is 0. The van der Waals surface area contributed by atoms with Crippen LogP contribution in [-0.4, -0.2) is 14.9 Å². The smallest absolute Gasteiger partial charge is 0.164 e. The molecule has 2 rings (SSSR count). The zero-order valence-corrected chi connectivity index (χ0v) is 13.5. The van der Waals surface area contributed by atoms with Gasteiger partial charge in [-0.25, -0.2) is 8.78 Å². The molecule has 114 valence electrons. The van der Waals surface area contributed by atoms with Crippen LogP contribution in [0.5, 0.6) is 0 Å². The molecule has 0 amide bonds. The Morgan fingerprint density at radius 3 is 2.67 bits per heavy atom. The Morgan fingerprint density at radius 2 is 2.05 bits per heavy atom. The fourth-order valence-corrected chi connectivity index (χ4v) is 3.01. The van der Waals surface area contributed by atoms with Gasteiger partial charge in [-0.2, -0.15) is 5.10 Å². The van der Waals surface area contributed by atoms with E-state index in [1.165, 1.54) is 12.1 Å². The van der Waals surface area contributed by atoms with Crippen LogP contribution in [0.3, 0.4) is 0 Å². The molecule has 21 heavy (non-hydrogen) atoms. The van der Waals surface area contributed by atoms with Crippen LogP contribution in [-0.2, 0) is 19.4 Å². The lowest BCUT2D eigenvalue weighted by atomic mass is 10.0. The number of aryl methyl sites for hydroxylation is 2. The van der Waals surface area contributed by atoms with E-state index in [-0.39, 0.29) is 12.0 Å². The van der Waals surface area contributed by atoms with Crippen LogP contribution in [0.1, 0.15) is 36.9 Å². The van der Waals surface area contributed by atoms with Crippen molar-refractivity contribution in [3.63, 3.8) is 0 Å². The summed E-state index contributed by atoms with van der Waals surface area (Å²) >= 11 is 3.47. The van der Waals surface area contributed by atoms with Crippen molar-refractivity contribution in [3.8, 4) is 0 Å². The molecule has 6 heteroatoms. The van der Waals surface area contributed by atoms with Gasteiger partial charge in [-0.3, -0.25) is 4.68 Å². The van der Waals surface area contributed by atoms with E-state index in [2.05, 4.69) is 21.0 Å². The first-order chi connectivity index (χ1) is 9.99. The Labute approximate surface area is 130 Å². The van der Waals surface area contributed by atoms with Gasteiger partial charge in [-0.1, -0.05) is 19.1 Å². The van der Waals surface area contributed by atoms with Crippen molar-refractivity contribution >= 4 is 15.9 Å². The van der Waals surface area contributed by atoms with Gasteiger partial charge in [-0.05, 0) is 35.3 Å². The molecule has 0 aliphatic carbocycles. The quantitative estimate of drug-likeness (QED) is 0.882. The molecule has 0 spiro atoms. The average molecular weight is 359 g/mol. The zero-order chi connectivity index (χ0) is 15.6. The fourth-order valence-electron chi connectivity index (χ4n) is 2.28. The van der Waals surface area contributed by atoms with Gasteiger partial charge >= 0.3 is 0 Å². The highest BCUT2D eigenvalue weighted by molar-refractivity contribution is 9.10. The molecule has 1 N–H and O–H groups in total. The largest absolute Gasteiger partial charge is 0.388 e. The first-order valence-corrected chi connectivity index (χ1v) is 7.64. The Hall–Kier alpha value is -1.27. The molecular formula is C15H17BrF2N2O. The van der Waals surface area contributed by atoms with Crippen molar-refractivity contribution in [3.05, 3.63) is 51.3 Å². The van der Waals surface area contributed by atoms with Crippen LogP contribution in [0, 0.1) is 11.6 Å². The third kappa shape index (κ3) is 3.16. The molecule has 0 fully saturated rings. The minimum atomic E-state index is -1.12. The molecule has 1 aromatic heterocycles. The molecule has 1 aromatic carbocycles. The summed E-state index contributed by atoms with van der Waals surface area (Å²) in [5, 5.41) is 14.7. The second kappa shape index (κ2) is 6.66. The number of nitrogens with zero attached hydrogens (tertiary/aromatic N) is 2. The highest BCUT2D eigenvalue weighted by Gasteiger charge is 2.21. The fraction of sp³-hybridized carbons (Fsp3) is 0.400. The molecule has 0 aliphatic rings. The van der Waals surface area contributed by atoms with Crippen LogP contribution in [0.2, 0.25) is 0 Å². The average Bonchev–Trinajstić information content (AvgIpc) is 2.78. The lowest BCUT2D eigenvalue weighted by Gasteiger charge is -2.13. The molecule has 0 aliphatic heterocycles. The van der Waals surface area contributed by atoms with Crippen molar-refractivity contribution in [2.75, 3.05) is 0 Å². The molecule has 0 saturated heterocycles. The first kappa shape index (κ1) is 16.1. The van der Waals surface area contributed by atoms with Gasteiger partial charge in [0.25, 0.3) is 0 Å². The van der Waals surface area contributed by atoms with E-state index in [1.807, 2.05) is 13.8 Å². The predicted molar refractivity (Wildman–Crippen MR) is 80.0 cm³/mol. The number of aliphatic hydroxyl groups is 1.